The van der Waals surface area contributed by atoms with E-state index in [0.29, 0.717) is 6.04 Å². The van der Waals surface area contributed by atoms with Crippen LogP contribution in [0, 0.1) is 18.3 Å². The van der Waals surface area contributed by atoms with Gasteiger partial charge in [-0.15, -0.1) is 6.42 Å². The first-order chi connectivity index (χ1) is 8.15. The van der Waals surface area contributed by atoms with Crippen molar-refractivity contribution in [1.82, 2.24) is 10.2 Å². The van der Waals surface area contributed by atoms with Gasteiger partial charge in [0.1, 0.15) is 0 Å². The average molecular weight is 236 g/mol. The fraction of sp³-hybridized carbons (Fsp3) is 0.867. The molecule has 98 valence electrons. The maximum Gasteiger partial charge on any atom is 0.0688 e. The first-order valence-electron chi connectivity index (χ1n) is 7.10. The molecule has 0 aromatic carbocycles. The fourth-order valence-electron chi connectivity index (χ4n) is 2.59. The summed E-state index contributed by atoms with van der Waals surface area (Å²) in [6.45, 7) is 10.5. The highest BCUT2D eigenvalue weighted by molar-refractivity contribution is 5.00. The van der Waals surface area contributed by atoms with Gasteiger partial charge in [0, 0.05) is 12.6 Å². The molecular formula is C15H28N2. The van der Waals surface area contributed by atoms with Crippen molar-refractivity contribution in [3.63, 3.8) is 0 Å². The van der Waals surface area contributed by atoms with Crippen molar-refractivity contribution in [2.45, 2.75) is 58.5 Å². The van der Waals surface area contributed by atoms with E-state index in [1.165, 1.54) is 32.5 Å². The summed E-state index contributed by atoms with van der Waals surface area (Å²) >= 11 is 0. The molecule has 2 heteroatoms. The molecule has 0 aliphatic carbocycles. The number of rotatable bonds is 6. The molecule has 0 spiro atoms. The van der Waals surface area contributed by atoms with Gasteiger partial charge in [0.2, 0.25) is 0 Å². The smallest absolute Gasteiger partial charge is 0.0688 e. The highest BCUT2D eigenvalue weighted by Gasteiger charge is 2.20. The van der Waals surface area contributed by atoms with Crippen molar-refractivity contribution in [3.05, 3.63) is 0 Å². The van der Waals surface area contributed by atoms with Crippen LogP contribution in [0.25, 0.3) is 0 Å². The molecular weight excluding hydrogens is 208 g/mol. The van der Waals surface area contributed by atoms with Crippen LogP contribution < -0.4 is 5.32 Å². The highest BCUT2D eigenvalue weighted by Crippen LogP contribution is 2.13. The van der Waals surface area contributed by atoms with Gasteiger partial charge in [-0.05, 0) is 38.3 Å². The van der Waals surface area contributed by atoms with Gasteiger partial charge in [-0.3, -0.25) is 0 Å². The van der Waals surface area contributed by atoms with E-state index in [4.69, 9.17) is 6.42 Å². The monoisotopic (exact) mass is 236 g/mol. The molecule has 1 N–H and O–H groups in total. The minimum Gasteiger partial charge on any atom is -0.303 e. The predicted molar refractivity (Wildman–Crippen MR) is 75.0 cm³/mol. The van der Waals surface area contributed by atoms with E-state index in [2.05, 4.69) is 36.9 Å². The Hall–Kier alpha value is -0.520. The third-order valence-corrected chi connectivity index (χ3v) is 3.43. The normalized spacial score (nSPS) is 20.4. The maximum atomic E-state index is 5.55. The molecule has 0 aromatic rings. The number of hydrogen-bond acceptors (Lipinski definition) is 2. The van der Waals surface area contributed by atoms with Crippen molar-refractivity contribution >= 4 is 0 Å². The third kappa shape index (κ3) is 5.57. The van der Waals surface area contributed by atoms with Crippen LogP contribution in [0.15, 0.2) is 0 Å². The van der Waals surface area contributed by atoms with E-state index in [1.807, 2.05) is 0 Å². The van der Waals surface area contributed by atoms with Gasteiger partial charge in [0.05, 0.1) is 6.04 Å². The number of terminal acetylenes is 1. The lowest BCUT2D eigenvalue weighted by Crippen LogP contribution is -2.46. The average Bonchev–Trinajstić information content (AvgIpc) is 2.30. The van der Waals surface area contributed by atoms with Crippen LogP contribution in [-0.2, 0) is 0 Å². The first kappa shape index (κ1) is 14.5. The zero-order valence-electron chi connectivity index (χ0n) is 11.7. The Bertz CT molecular complexity index is 234. The zero-order valence-corrected chi connectivity index (χ0v) is 11.7. The minimum atomic E-state index is 0.279. The Kier molecular flexibility index (Phi) is 6.62. The first-order valence-corrected chi connectivity index (χ1v) is 7.10. The summed E-state index contributed by atoms with van der Waals surface area (Å²) in [6, 6.07) is 0.910. The van der Waals surface area contributed by atoms with Crippen LogP contribution >= 0.6 is 0 Å². The highest BCUT2D eigenvalue weighted by atomic mass is 15.1. The molecule has 1 heterocycles. The molecule has 1 rings (SSSR count). The summed E-state index contributed by atoms with van der Waals surface area (Å²) in [4.78, 5) is 2.58. The van der Waals surface area contributed by atoms with Crippen LogP contribution in [-0.4, -0.2) is 36.6 Å². The van der Waals surface area contributed by atoms with Gasteiger partial charge in [0.15, 0.2) is 0 Å². The van der Waals surface area contributed by atoms with Crippen molar-refractivity contribution in [3.8, 4) is 12.3 Å². The van der Waals surface area contributed by atoms with E-state index >= 15 is 0 Å². The Morgan fingerprint density at radius 2 is 2.00 bits per heavy atom. The zero-order chi connectivity index (χ0) is 12.7. The molecule has 17 heavy (non-hydrogen) atoms. The van der Waals surface area contributed by atoms with Crippen LogP contribution in [0.4, 0.5) is 0 Å². The molecule has 0 radical (unpaired) electrons. The Morgan fingerprint density at radius 3 is 2.47 bits per heavy atom. The maximum absolute atomic E-state index is 5.55. The van der Waals surface area contributed by atoms with Crippen LogP contribution in [0.3, 0.4) is 0 Å². The largest absolute Gasteiger partial charge is 0.303 e. The summed E-state index contributed by atoms with van der Waals surface area (Å²) in [5.41, 5.74) is 0. The van der Waals surface area contributed by atoms with Gasteiger partial charge in [-0.25, -0.2) is 0 Å². The van der Waals surface area contributed by atoms with E-state index in [1.54, 1.807) is 0 Å². The molecule has 0 aromatic heterocycles. The number of hydrogen-bond donors (Lipinski definition) is 1. The van der Waals surface area contributed by atoms with E-state index < -0.39 is 0 Å². The van der Waals surface area contributed by atoms with Crippen molar-refractivity contribution < 1.29 is 0 Å². The second kappa shape index (κ2) is 7.74. The molecule has 1 fully saturated rings. The molecule has 0 amide bonds. The number of likely N-dealkylation sites (tertiary alicyclic amines) is 1. The molecule has 2 nitrogen and oxygen atoms in total. The molecule has 0 saturated carbocycles. The molecule has 1 aliphatic rings. The lowest BCUT2D eigenvalue weighted by atomic mass is 10.0. The summed E-state index contributed by atoms with van der Waals surface area (Å²) in [7, 11) is 0. The van der Waals surface area contributed by atoms with Crippen molar-refractivity contribution in [2.75, 3.05) is 19.6 Å². The van der Waals surface area contributed by atoms with Gasteiger partial charge in [0.25, 0.3) is 0 Å². The summed E-state index contributed by atoms with van der Waals surface area (Å²) in [6.07, 6.45) is 10.3. The van der Waals surface area contributed by atoms with Gasteiger partial charge < -0.3 is 10.2 Å². The van der Waals surface area contributed by atoms with E-state index in [-0.39, 0.29) is 6.04 Å². The second-order valence-corrected chi connectivity index (χ2v) is 5.64. The van der Waals surface area contributed by atoms with Gasteiger partial charge >= 0.3 is 0 Å². The van der Waals surface area contributed by atoms with Gasteiger partial charge in [-0.1, -0.05) is 33.1 Å². The summed E-state index contributed by atoms with van der Waals surface area (Å²) in [5.74, 6) is 3.64. The standard InChI is InChI=1S/C15H28N2/c1-5-7-14(6-2)16-15-8-10-17(11-9-15)12-13(3)4/h2,13-16H,5,7-12H2,1,3-4H3. The quantitative estimate of drug-likeness (QED) is 0.713. The molecule has 1 aliphatic heterocycles. The Morgan fingerprint density at radius 1 is 1.35 bits per heavy atom. The molecule has 0 bridgehead atoms. The van der Waals surface area contributed by atoms with E-state index in [9.17, 15) is 0 Å². The second-order valence-electron chi connectivity index (χ2n) is 5.64. The topological polar surface area (TPSA) is 15.3 Å². The van der Waals surface area contributed by atoms with Crippen LogP contribution in [0.2, 0.25) is 0 Å². The third-order valence-electron chi connectivity index (χ3n) is 3.43. The lowest BCUT2D eigenvalue weighted by Gasteiger charge is -2.34. The Balaban J connectivity index is 2.25. The SMILES string of the molecule is C#CC(CCC)NC1CCN(CC(C)C)CC1. The molecule has 1 saturated heterocycles. The van der Waals surface area contributed by atoms with Crippen LogP contribution in [0.1, 0.15) is 46.5 Å². The minimum absolute atomic E-state index is 0.279. The molecule has 1 atom stereocenters. The Labute approximate surface area is 107 Å². The fourth-order valence-corrected chi connectivity index (χ4v) is 2.59. The lowest BCUT2D eigenvalue weighted by molar-refractivity contribution is 0.177. The van der Waals surface area contributed by atoms with Crippen molar-refractivity contribution in [2.24, 2.45) is 5.92 Å². The number of piperidine rings is 1. The predicted octanol–water partition coefficient (Wildman–Crippen LogP) is 2.50. The summed E-state index contributed by atoms with van der Waals surface area (Å²) < 4.78 is 0. The number of nitrogens with zero attached hydrogens (tertiary/aromatic N) is 1. The summed E-state index contributed by atoms with van der Waals surface area (Å²) in [5, 5.41) is 3.62. The van der Waals surface area contributed by atoms with Crippen molar-refractivity contribution in [1.29, 1.82) is 0 Å². The van der Waals surface area contributed by atoms with Crippen LogP contribution in [0.5, 0.6) is 0 Å². The molecule has 1 unspecified atom stereocenters. The number of nitrogens with one attached hydrogen (secondary N) is 1. The van der Waals surface area contributed by atoms with E-state index in [0.717, 1.165) is 18.8 Å². The van der Waals surface area contributed by atoms with Gasteiger partial charge in [-0.2, -0.15) is 0 Å².